The van der Waals surface area contributed by atoms with Gasteiger partial charge in [0.2, 0.25) is 5.91 Å². The Morgan fingerprint density at radius 1 is 1.36 bits per heavy atom. The molecule has 12 nitrogen and oxygen atoms in total. The van der Waals surface area contributed by atoms with Crippen LogP contribution in [0.5, 0.6) is 0 Å². The number of fused-ring (bicyclic) bond motifs is 2. The zero-order chi connectivity index (χ0) is 24.2. The topological polar surface area (TPSA) is 136 Å². The van der Waals surface area contributed by atoms with Crippen LogP contribution in [0.4, 0.5) is 0 Å². The molecule has 0 aliphatic carbocycles. The van der Waals surface area contributed by atoms with Crippen molar-refractivity contribution in [2.75, 3.05) is 26.7 Å². The number of aliphatic hydroxyl groups excluding tert-OH is 1. The van der Waals surface area contributed by atoms with E-state index in [0.717, 1.165) is 0 Å². The fraction of sp³-hybridized carbons (Fsp3) is 0.700. The van der Waals surface area contributed by atoms with Crippen LogP contribution in [0.1, 0.15) is 32.4 Å². The molecule has 184 valence electrons. The summed E-state index contributed by atoms with van der Waals surface area (Å²) in [5.74, 6) is -0.295. The molecular weight excluding hydrogens is 450 g/mol. The van der Waals surface area contributed by atoms with E-state index in [4.69, 9.17) is 4.74 Å². The molecule has 3 rings (SSSR count). The third kappa shape index (κ3) is 6.16. The Hall–Kier alpha value is -2.35. The van der Waals surface area contributed by atoms with E-state index in [9.17, 15) is 18.3 Å². The maximum atomic E-state index is 13.0. The third-order valence-electron chi connectivity index (χ3n) is 5.84. The lowest BCUT2D eigenvalue weighted by atomic mass is 10.0. The van der Waals surface area contributed by atoms with Crippen LogP contribution in [0.15, 0.2) is 23.7 Å². The molecule has 1 amide bonds. The second-order valence-electron chi connectivity index (χ2n) is 8.64. The first-order valence-corrected chi connectivity index (χ1v) is 12.4. The Balaban J connectivity index is 1.85. The summed E-state index contributed by atoms with van der Waals surface area (Å²) in [6.45, 7) is 4.63. The van der Waals surface area contributed by atoms with Gasteiger partial charge in [-0.3, -0.25) is 9.48 Å². The van der Waals surface area contributed by atoms with Crippen molar-refractivity contribution < 1.29 is 23.1 Å². The van der Waals surface area contributed by atoms with Crippen molar-refractivity contribution >= 4 is 15.9 Å². The Labute approximate surface area is 194 Å². The van der Waals surface area contributed by atoms with Crippen LogP contribution in [0, 0.1) is 5.92 Å². The summed E-state index contributed by atoms with van der Waals surface area (Å²) in [6, 6.07) is -0.363. The predicted molar refractivity (Wildman–Crippen MR) is 118 cm³/mol. The normalized spacial score (nSPS) is 22.0. The number of carbonyl (C=O) groups excluding carboxylic acids is 1. The predicted octanol–water partition coefficient (Wildman–Crippen LogP) is -0.143. The summed E-state index contributed by atoms with van der Waals surface area (Å²) in [5.41, 5.74) is 0.633. The van der Waals surface area contributed by atoms with Gasteiger partial charge in [-0.15, -0.1) is 5.10 Å². The molecule has 1 aliphatic rings. The van der Waals surface area contributed by atoms with E-state index < -0.39 is 16.1 Å². The number of rotatable bonds is 6. The summed E-state index contributed by atoms with van der Waals surface area (Å²) in [6.07, 6.45) is 5.02. The van der Waals surface area contributed by atoms with Crippen molar-refractivity contribution in [3.8, 4) is 0 Å². The first-order valence-electron chi connectivity index (χ1n) is 11.0. The minimum atomic E-state index is -3.82. The second kappa shape index (κ2) is 10.7. The molecule has 3 heterocycles. The Morgan fingerprint density at radius 2 is 2.12 bits per heavy atom. The Kier molecular flexibility index (Phi) is 8.21. The van der Waals surface area contributed by atoms with Gasteiger partial charge in [-0.2, -0.15) is 4.31 Å². The van der Waals surface area contributed by atoms with E-state index >= 15 is 0 Å². The largest absolute Gasteiger partial charge is 0.394 e. The van der Waals surface area contributed by atoms with Gasteiger partial charge in [-0.1, -0.05) is 12.1 Å². The number of carbonyl (C=O) groups is 1. The Bertz CT molecular complexity index is 1040. The van der Waals surface area contributed by atoms with Gasteiger partial charge < -0.3 is 19.3 Å². The number of aliphatic hydroxyl groups is 1. The molecule has 2 aromatic heterocycles. The standard InChI is InChI=1S/C20H33N7O5S/c1-15-8-27(16(2)12-28)20(29)6-5-7-26-9-17(22-23-26)13-32-18(15)10-25(4)33(30,31)19-11-24(3)14-21-19/h9,11,14-16,18,28H,5-8,10,12-13H2,1-4H3/t15-,16-,18-/m0/s1. The lowest BCUT2D eigenvalue weighted by Crippen LogP contribution is -2.47. The lowest BCUT2D eigenvalue weighted by molar-refractivity contribution is -0.136. The number of hydrogen-bond donors (Lipinski definition) is 1. The average molecular weight is 484 g/mol. The Morgan fingerprint density at radius 3 is 2.79 bits per heavy atom. The summed E-state index contributed by atoms with van der Waals surface area (Å²) >= 11 is 0. The molecule has 0 unspecified atom stereocenters. The molecule has 13 heteroatoms. The van der Waals surface area contributed by atoms with E-state index in [1.165, 1.54) is 23.9 Å². The van der Waals surface area contributed by atoms with Gasteiger partial charge >= 0.3 is 0 Å². The highest BCUT2D eigenvalue weighted by atomic mass is 32.2. The SMILES string of the molecule is C[C@H]1CN([C@@H](C)CO)C(=O)CCCn2cc(nn2)CO[C@H]1CN(C)S(=O)(=O)c1cn(C)cn1. The molecule has 0 radical (unpaired) electrons. The van der Waals surface area contributed by atoms with Crippen molar-refractivity contribution in [3.05, 3.63) is 24.4 Å². The zero-order valence-corrected chi connectivity index (χ0v) is 20.3. The molecule has 0 saturated carbocycles. The van der Waals surface area contributed by atoms with Gasteiger partial charge in [0.05, 0.1) is 37.9 Å². The van der Waals surface area contributed by atoms with Crippen LogP contribution in [-0.2, 0) is 39.8 Å². The smallest absolute Gasteiger partial charge is 0.261 e. The second-order valence-corrected chi connectivity index (χ2v) is 10.6. The van der Waals surface area contributed by atoms with E-state index in [-0.39, 0.29) is 42.7 Å². The number of ether oxygens (including phenoxy) is 1. The summed E-state index contributed by atoms with van der Waals surface area (Å²) in [4.78, 5) is 18.5. The number of amides is 1. The van der Waals surface area contributed by atoms with E-state index in [2.05, 4.69) is 15.3 Å². The van der Waals surface area contributed by atoms with E-state index in [0.29, 0.717) is 31.6 Å². The van der Waals surface area contributed by atoms with Crippen LogP contribution < -0.4 is 0 Å². The van der Waals surface area contributed by atoms with Gasteiger partial charge in [0.1, 0.15) is 5.69 Å². The number of aryl methyl sites for hydroxylation is 2. The molecule has 2 aromatic rings. The van der Waals surface area contributed by atoms with Crippen LogP contribution in [0.2, 0.25) is 0 Å². The van der Waals surface area contributed by atoms with Gasteiger partial charge in [0.15, 0.2) is 5.03 Å². The van der Waals surface area contributed by atoms with Crippen LogP contribution in [0.3, 0.4) is 0 Å². The minimum absolute atomic E-state index is 0.0431. The fourth-order valence-electron chi connectivity index (χ4n) is 3.73. The van der Waals surface area contributed by atoms with Crippen molar-refractivity contribution in [3.63, 3.8) is 0 Å². The van der Waals surface area contributed by atoms with Crippen LogP contribution in [0.25, 0.3) is 0 Å². The van der Waals surface area contributed by atoms with E-state index in [1.807, 2.05) is 6.92 Å². The average Bonchev–Trinajstić information content (AvgIpc) is 3.42. The van der Waals surface area contributed by atoms with Gasteiger partial charge in [-0.05, 0) is 13.3 Å². The maximum absolute atomic E-state index is 13.0. The summed E-state index contributed by atoms with van der Waals surface area (Å²) in [7, 11) is -0.632. The number of imidazole rings is 1. The number of nitrogens with zero attached hydrogens (tertiary/aromatic N) is 7. The van der Waals surface area contributed by atoms with Crippen molar-refractivity contribution in [2.24, 2.45) is 13.0 Å². The van der Waals surface area contributed by atoms with E-state index in [1.54, 1.807) is 34.3 Å². The first-order chi connectivity index (χ1) is 15.6. The quantitative estimate of drug-likeness (QED) is 0.600. The van der Waals surface area contributed by atoms with Gasteiger partial charge in [0.25, 0.3) is 10.0 Å². The monoisotopic (exact) mass is 483 g/mol. The third-order valence-corrected chi connectivity index (χ3v) is 7.55. The summed E-state index contributed by atoms with van der Waals surface area (Å²) < 4.78 is 36.6. The van der Waals surface area contributed by atoms with Gasteiger partial charge in [0, 0.05) is 52.3 Å². The highest BCUT2D eigenvalue weighted by Crippen LogP contribution is 2.20. The molecule has 0 aromatic carbocycles. The minimum Gasteiger partial charge on any atom is -0.394 e. The number of sulfonamides is 1. The van der Waals surface area contributed by atoms with Gasteiger partial charge in [-0.25, -0.2) is 13.4 Å². The fourth-order valence-corrected chi connectivity index (χ4v) is 4.87. The van der Waals surface area contributed by atoms with Crippen LogP contribution >= 0.6 is 0 Å². The molecule has 0 spiro atoms. The molecule has 1 N–H and O–H groups in total. The molecule has 0 saturated heterocycles. The molecule has 1 aliphatic heterocycles. The first kappa shape index (κ1) is 25.3. The van der Waals surface area contributed by atoms with Crippen molar-refractivity contribution in [1.82, 2.24) is 33.8 Å². The number of likely N-dealkylation sites (N-methyl/N-ethyl adjacent to an activating group) is 1. The maximum Gasteiger partial charge on any atom is 0.261 e. The van der Waals surface area contributed by atoms with Crippen molar-refractivity contribution in [2.45, 2.75) is 57.0 Å². The molecule has 0 fully saturated rings. The highest BCUT2D eigenvalue weighted by Gasteiger charge is 2.31. The number of aromatic nitrogens is 5. The number of hydrogen-bond acceptors (Lipinski definition) is 8. The molecule has 2 bridgehead atoms. The molecule has 3 atom stereocenters. The molecular formula is C20H33N7O5S. The highest BCUT2D eigenvalue weighted by molar-refractivity contribution is 7.89. The lowest BCUT2D eigenvalue weighted by Gasteiger charge is -2.34. The molecule has 33 heavy (non-hydrogen) atoms. The zero-order valence-electron chi connectivity index (χ0n) is 19.5. The van der Waals surface area contributed by atoms with Crippen molar-refractivity contribution in [1.29, 1.82) is 0 Å². The van der Waals surface area contributed by atoms with Crippen LogP contribution in [-0.4, -0.2) is 92.1 Å². The summed E-state index contributed by atoms with van der Waals surface area (Å²) in [5, 5.41) is 17.8.